The van der Waals surface area contributed by atoms with Gasteiger partial charge in [0.1, 0.15) is 17.0 Å². The van der Waals surface area contributed by atoms with Crippen LogP contribution in [0.4, 0.5) is 9.18 Å². The Bertz CT molecular complexity index is 1100. The Kier molecular flexibility index (Phi) is 5.46. The fourth-order valence-electron chi connectivity index (χ4n) is 3.97. The zero-order valence-electron chi connectivity index (χ0n) is 17.5. The fourth-order valence-corrected chi connectivity index (χ4v) is 5.61. The van der Waals surface area contributed by atoms with E-state index in [0.717, 1.165) is 10.0 Å². The quantitative estimate of drug-likeness (QED) is 0.495. The minimum absolute atomic E-state index is 0.0863. The summed E-state index contributed by atoms with van der Waals surface area (Å²) in [7, 11) is 1.47. The topological polar surface area (TPSA) is 71.4 Å². The number of halogens is 2. The van der Waals surface area contributed by atoms with Gasteiger partial charge in [0, 0.05) is 33.0 Å². The monoisotopic (exact) mass is 508 g/mol. The summed E-state index contributed by atoms with van der Waals surface area (Å²) >= 11 is 4.89. The van der Waals surface area contributed by atoms with Gasteiger partial charge in [-0.15, -0.1) is 0 Å². The molecule has 2 aromatic carbocycles. The highest BCUT2D eigenvalue weighted by atomic mass is 79.9. The lowest BCUT2D eigenvalue weighted by Gasteiger charge is -2.43. The van der Waals surface area contributed by atoms with E-state index in [0.29, 0.717) is 34.4 Å². The maximum absolute atomic E-state index is 15.0. The predicted molar refractivity (Wildman–Crippen MR) is 122 cm³/mol. The average molecular weight is 509 g/mol. The normalized spacial score (nSPS) is 19.7. The molecule has 31 heavy (non-hydrogen) atoms. The van der Waals surface area contributed by atoms with E-state index in [1.54, 1.807) is 12.1 Å². The van der Waals surface area contributed by atoms with E-state index in [4.69, 9.17) is 14.5 Å². The van der Waals surface area contributed by atoms with Crippen molar-refractivity contribution >= 4 is 39.0 Å². The zero-order valence-corrected chi connectivity index (χ0v) is 19.9. The molecule has 9 heteroatoms. The summed E-state index contributed by atoms with van der Waals surface area (Å²) < 4.78 is 27.1. The number of methoxy groups -OCH3 is 1. The summed E-state index contributed by atoms with van der Waals surface area (Å²) in [4.78, 5) is 18.4. The lowest BCUT2D eigenvalue weighted by atomic mass is 9.78. The molecule has 4 rings (SSSR count). The lowest BCUT2D eigenvalue weighted by molar-refractivity contribution is 0.141. The number of carbonyl (C=O) groups is 1. The molecule has 0 saturated carbocycles. The Hall–Kier alpha value is -2.26. The van der Waals surface area contributed by atoms with Crippen molar-refractivity contribution in [1.29, 1.82) is 0 Å². The molecule has 2 aromatic rings. The number of fused-ring (bicyclic) bond motifs is 4. The van der Waals surface area contributed by atoms with Crippen LogP contribution >= 0.6 is 27.7 Å². The molecule has 0 fully saturated rings. The van der Waals surface area contributed by atoms with Crippen molar-refractivity contribution in [2.24, 2.45) is 4.99 Å². The molecule has 6 nitrogen and oxygen atoms in total. The third-order valence-electron chi connectivity index (χ3n) is 5.33. The van der Waals surface area contributed by atoms with E-state index in [1.807, 2.05) is 32.9 Å². The van der Waals surface area contributed by atoms with Gasteiger partial charge in [0.2, 0.25) is 0 Å². The second-order valence-electron chi connectivity index (χ2n) is 8.37. The van der Waals surface area contributed by atoms with Crippen molar-refractivity contribution in [1.82, 2.24) is 4.90 Å². The fraction of sp³-hybridized carbons (Fsp3) is 0.364. The molecule has 0 unspecified atom stereocenters. The summed E-state index contributed by atoms with van der Waals surface area (Å²) in [6.45, 7) is 5.45. The van der Waals surface area contributed by atoms with E-state index in [1.165, 1.54) is 29.8 Å². The molecule has 1 atom stereocenters. The van der Waals surface area contributed by atoms with Gasteiger partial charge in [-0.05, 0) is 51.5 Å². The van der Waals surface area contributed by atoms with E-state index in [9.17, 15) is 9.90 Å². The number of aliphatic imine (C=N–C) groups is 1. The molecule has 2 aliphatic rings. The standard InChI is InChI=1S/C22H22BrFN2O4S/c1-21(2,3)26(20(27)28)19-25-22(7-8-31-19)14-9-12(23)5-6-17(14)30-18-15(22)10-13(29-4)11-16(18)24/h5-6,9-11H,7-8H2,1-4H3,(H,27,28)/t22-/m0/s1. The van der Waals surface area contributed by atoms with Crippen molar-refractivity contribution in [3.05, 3.63) is 51.7 Å². The number of amides is 1. The Morgan fingerprint density at radius 2 is 2.06 bits per heavy atom. The van der Waals surface area contributed by atoms with Crippen molar-refractivity contribution in [2.45, 2.75) is 38.3 Å². The molecule has 2 aliphatic heterocycles. The number of hydrogen-bond acceptors (Lipinski definition) is 5. The number of nitrogens with zero attached hydrogens (tertiary/aromatic N) is 2. The second kappa shape index (κ2) is 7.70. The highest BCUT2D eigenvalue weighted by molar-refractivity contribution is 9.10. The van der Waals surface area contributed by atoms with Gasteiger partial charge < -0.3 is 14.6 Å². The van der Waals surface area contributed by atoms with Crippen LogP contribution in [-0.2, 0) is 5.54 Å². The predicted octanol–water partition coefficient (Wildman–Crippen LogP) is 6.22. The number of thioether (sulfide) groups is 1. The molecule has 0 bridgehead atoms. The number of amidine groups is 1. The molecule has 2 heterocycles. The summed E-state index contributed by atoms with van der Waals surface area (Å²) in [5.41, 5.74) is -0.447. The number of hydrogen-bond donors (Lipinski definition) is 1. The highest BCUT2D eigenvalue weighted by Gasteiger charge is 2.47. The van der Waals surface area contributed by atoms with Crippen molar-refractivity contribution < 1.29 is 23.8 Å². The Morgan fingerprint density at radius 3 is 2.71 bits per heavy atom. The smallest absolute Gasteiger partial charge is 0.413 e. The molecule has 0 saturated heterocycles. The third-order valence-corrected chi connectivity index (χ3v) is 6.77. The van der Waals surface area contributed by atoms with Gasteiger partial charge in [-0.3, -0.25) is 4.90 Å². The molecular weight excluding hydrogens is 487 g/mol. The lowest BCUT2D eigenvalue weighted by Crippen LogP contribution is -2.50. The Labute approximate surface area is 192 Å². The maximum Gasteiger partial charge on any atom is 0.413 e. The third kappa shape index (κ3) is 3.67. The summed E-state index contributed by atoms with van der Waals surface area (Å²) in [6.07, 6.45) is -0.542. The van der Waals surface area contributed by atoms with Gasteiger partial charge in [0.25, 0.3) is 0 Å². The minimum atomic E-state index is -1.09. The molecule has 0 aliphatic carbocycles. The zero-order chi connectivity index (χ0) is 22.6. The van der Waals surface area contributed by atoms with Gasteiger partial charge in [-0.2, -0.15) is 0 Å². The van der Waals surface area contributed by atoms with Gasteiger partial charge in [-0.1, -0.05) is 27.7 Å². The number of rotatable bonds is 1. The first-order valence-corrected chi connectivity index (χ1v) is 11.5. The highest BCUT2D eigenvalue weighted by Crippen LogP contribution is 2.55. The number of benzene rings is 2. The molecular formula is C22H22BrFN2O4S. The number of carboxylic acid groups (broad SMARTS) is 1. The first-order valence-electron chi connectivity index (χ1n) is 9.68. The van der Waals surface area contributed by atoms with Gasteiger partial charge >= 0.3 is 6.09 Å². The van der Waals surface area contributed by atoms with E-state index in [-0.39, 0.29) is 5.75 Å². The molecule has 0 aromatic heterocycles. The first kappa shape index (κ1) is 22.0. The molecule has 1 amide bonds. The summed E-state index contributed by atoms with van der Waals surface area (Å²) in [5.74, 6) is 0.973. The SMILES string of the molecule is COc1cc(F)c2c(c1)[C@]1(CCSC(N(C(=O)O)C(C)(C)C)=N1)c1cc(Br)ccc1O2. The van der Waals surface area contributed by atoms with Crippen LogP contribution in [0.2, 0.25) is 0 Å². The minimum Gasteiger partial charge on any atom is -0.497 e. The van der Waals surface area contributed by atoms with Gasteiger partial charge in [0.05, 0.1) is 7.11 Å². The molecule has 1 spiro atoms. The van der Waals surface area contributed by atoms with Crippen molar-refractivity contribution in [3.63, 3.8) is 0 Å². The van der Waals surface area contributed by atoms with Gasteiger partial charge in [-0.25, -0.2) is 14.2 Å². The molecule has 164 valence electrons. The van der Waals surface area contributed by atoms with Crippen LogP contribution in [-0.4, -0.2) is 39.7 Å². The van der Waals surface area contributed by atoms with Crippen molar-refractivity contribution in [2.75, 3.05) is 12.9 Å². The summed E-state index contributed by atoms with van der Waals surface area (Å²) in [6, 6.07) is 8.48. The van der Waals surface area contributed by atoms with Crippen LogP contribution in [0.1, 0.15) is 38.3 Å². The van der Waals surface area contributed by atoms with E-state index < -0.39 is 23.0 Å². The molecule has 0 radical (unpaired) electrons. The Balaban J connectivity index is 2.04. The van der Waals surface area contributed by atoms with Crippen LogP contribution < -0.4 is 9.47 Å². The van der Waals surface area contributed by atoms with Crippen LogP contribution in [0, 0.1) is 5.82 Å². The Morgan fingerprint density at radius 1 is 1.32 bits per heavy atom. The maximum atomic E-state index is 15.0. The largest absolute Gasteiger partial charge is 0.497 e. The summed E-state index contributed by atoms with van der Waals surface area (Å²) in [5, 5.41) is 10.3. The van der Waals surface area contributed by atoms with Crippen LogP contribution in [0.25, 0.3) is 0 Å². The van der Waals surface area contributed by atoms with Crippen LogP contribution in [0.5, 0.6) is 17.2 Å². The van der Waals surface area contributed by atoms with E-state index >= 15 is 4.39 Å². The second-order valence-corrected chi connectivity index (χ2v) is 10.3. The first-order chi connectivity index (χ1) is 14.6. The number of ether oxygens (including phenoxy) is 2. The van der Waals surface area contributed by atoms with E-state index in [2.05, 4.69) is 15.9 Å². The molecule has 1 N–H and O–H groups in total. The average Bonchev–Trinajstić information content (AvgIpc) is 2.68. The van der Waals surface area contributed by atoms with Gasteiger partial charge in [0.15, 0.2) is 16.7 Å². The van der Waals surface area contributed by atoms with Crippen molar-refractivity contribution in [3.8, 4) is 17.2 Å². The van der Waals surface area contributed by atoms with Crippen LogP contribution in [0.3, 0.4) is 0 Å². The van der Waals surface area contributed by atoms with Crippen LogP contribution in [0.15, 0.2) is 39.8 Å².